The van der Waals surface area contributed by atoms with Crippen molar-refractivity contribution in [1.82, 2.24) is 9.97 Å². The molecule has 0 atom stereocenters. The topological polar surface area (TPSA) is 28.7 Å². The van der Waals surface area contributed by atoms with Crippen LogP contribution in [0.2, 0.25) is 0 Å². The van der Waals surface area contributed by atoms with Gasteiger partial charge in [-0.05, 0) is 17.5 Å². The Morgan fingerprint density at radius 1 is 0.941 bits per heavy atom. The van der Waals surface area contributed by atoms with Gasteiger partial charge in [-0.25, -0.2) is 0 Å². The summed E-state index contributed by atoms with van der Waals surface area (Å²) in [5.74, 6) is 0. The standard InChI is InChI=1S/C14H10N2S/c17-14-7-3-6-13(16-14)12-9-15-8-10-4-1-2-5-11(10)12/h1-9H,(H,16,17). The molecule has 2 aromatic heterocycles. The molecule has 3 rings (SSSR count). The number of aromatic amines is 1. The Morgan fingerprint density at radius 3 is 2.71 bits per heavy atom. The van der Waals surface area contributed by atoms with Crippen LogP contribution in [0.1, 0.15) is 0 Å². The molecule has 2 nitrogen and oxygen atoms in total. The van der Waals surface area contributed by atoms with E-state index in [1.165, 1.54) is 5.39 Å². The first kappa shape index (κ1) is 10.2. The second-order valence-electron chi connectivity index (χ2n) is 3.84. The summed E-state index contributed by atoms with van der Waals surface area (Å²) < 4.78 is 0.732. The van der Waals surface area contributed by atoms with Gasteiger partial charge in [0.1, 0.15) is 4.64 Å². The van der Waals surface area contributed by atoms with Crippen LogP contribution in [0.5, 0.6) is 0 Å². The van der Waals surface area contributed by atoms with Crippen molar-refractivity contribution in [1.29, 1.82) is 0 Å². The monoisotopic (exact) mass is 238 g/mol. The van der Waals surface area contributed by atoms with Gasteiger partial charge in [-0.1, -0.05) is 42.5 Å². The van der Waals surface area contributed by atoms with Gasteiger partial charge in [0.05, 0.1) is 0 Å². The molecular formula is C14H10N2S. The molecule has 1 N–H and O–H groups in total. The molecule has 0 amide bonds. The van der Waals surface area contributed by atoms with Gasteiger partial charge in [-0.2, -0.15) is 0 Å². The van der Waals surface area contributed by atoms with E-state index in [9.17, 15) is 0 Å². The summed E-state index contributed by atoms with van der Waals surface area (Å²) in [6.45, 7) is 0. The van der Waals surface area contributed by atoms with Crippen LogP contribution in [0.25, 0.3) is 22.0 Å². The molecule has 17 heavy (non-hydrogen) atoms. The fourth-order valence-corrected chi connectivity index (χ4v) is 2.12. The third kappa shape index (κ3) is 1.85. The zero-order valence-corrected chi connectivity index (χ0v) is 9.87. The highest BCUT2D eigenvalue weighted by Gasteiger charge is 2.03. The quantitative estimate of drug-likeness (QED) is 0.650. The summed E-state index contributed by atoms with van der Waals surface area (Å²) >= 11 is 5.15. The van der Waals surface area contributed by atoms with Crippen molar-refractivity contribution in [3.63, 3.8) is 0 Å². The Hall–Kier alpha value is -2.00. The first-order valence-electron chi connectivity index (χ1n) is 5.37. The number of rotatable bonds is 1. The van der Waals surface area contributed by atoms with E-state index in [-0.39, 0.29) is 0 Å². The van der Waals surface area contributed by atoms with Gasteiger partial charge in [0.15, 0.2) is 0 Å². The number of fused-ring (bicyclic) bond motifs is 1. The summed E-state index contributed by atoms with van der Waals surface area (Å²) in [5, 5.41) is 2.31. The van der Waals surface area contributed by atoms with Crippen LogP contribution in [0.15, 0.2) is 54.9 Å². The van der Waals surface area contributed by atoms with Gasteiger partial charge >= 0.3 is 0 Å². The Balaban J connectivity index is 2.34. The maximum atomic E-state index is 5.15. The van der Waals surface area contributed by atoms with Gasteiger partial charge in [0, 0.05) is 29.0 Å². The van der Waals surface area contributed by atoms with Crippen molar-refractivity contribution >= 4 is 23.0 Å². The minimum atomic E-state index is 0.732. The zero-order chi connectivity index (χ0) is 11.7. The second kappa shape index (κ2) is 4.11. The highest BCUT2D eigenvalue weighted by molar-refractivity contribution is 7.71. The van der Waals surface area contributed by atoms with Crippen LogP contribution in [-0.2, 0) is 0 Å². The molecule has 0 fully saturated rings. The van der Waals surface area contributed by atoms with E-state index in [1.54, 1.807) is 0 Å². The Labute approximate surface area is 104 Å². The fraction of sp³-hybridized carbons (Fsp3) is 0. The van der Waals surface area contributed by atoms with E-state index in [1.807, 2.05) is 42.7 Å². The van der Waals surface area contributed by atoms with Gasteiger partial charge in [0.25, 0.3) is 0 Å². The number of nitrogens with one attached hydrogen (secondary N) is 1. The molecule has 2 heterocycles. The molecule has 0 aliphatic carbocycles. The van der Waals surface area contributed by atoms with E-state index in [4.69, 9.17) is 12.2 Å². The lowest BCUT2D eigenvalue weighted by molar-refractivity contribution is 1.28. The predicted molar refractivity (Wildman–Crippen MR) is 72.4 cm³/mol. The molecule has 0 saturated heterocycles. The number of hydrogen-bond acceptors (Lipinski definition) is 2. The molecule has 82 valence electrons. The van der Waals surface area contributed by atoms with Crippen molar-refractivity contribution in [3.05, 3.63) is 59.5 Å². The average Bonchev–Trinajstić information content (AvgIpc) is 2.38. The van der Waals surface area contributed by atoms with Gasteiger partial charge < -0.3 is 4.98 Å². The zero-order valence-electron chi connectivity index (χ0n) is 9.05. The van der Waals surface area contributed by atoms with E-state index in [2.05, 4.69) is 22.1 Å². The Bertz CT molecular complexity index is 726. The summed E-state index contributed by atoms with van der Waals surface area (Å²) in [4.78, 5) is 7.46. The molecule has 0 saturated carbocycles. The third-order valence-electron chi connectivity index (χ3n) is 2.73. The Kier molecular flexibility index (Phi) is 2.46. The largest absolute Gasteiger partial charge is 0.346 e. The minimum Gasteiger partial charge on any atom is -0.346 e. The molecule has 0 spiro atoms. The highest BCUT2D eigenvalue weighted by atomic mass is 32.1. The number of nitrogens with zero attached hydrogens (tertiary/aromatic N) is 1. The smallest absolute Gasteiger partial charge is 0.103 e. The van der Waals surface area contributed by atoms with Crippen molar-refractivity contribution in [2.24, 2.45) is 0 Å². The lowest BCUT2D eigenvalue weighted by atomic mass is 10.1. The normalized spacial score (nSPS) is 10.6. The summed E-state index contributed by atoms with van der Waals surface area (Å²) in [5.41, 5.74) is 2.08. The van der Waals surface area contributed by atoms with Crippen LogP contribution in [-0.4, -0.2) is 9.97 Å². The molecule has 1 aromatic carbocycles. The van der Waals surface area contributed by atoms with Crippen molar-refractivity contribution in [2.75, 3.05) is 0 Å². The molecule has 3 aromatic rings. The number of benzene rings is 1. The van der Waals surface area contributed by atoms with E-state index >= 15 is 0 Å². The SMILES string of the molecule is S=c1cccc(-c2cncc3ccccc23)[nH]1. The highest BCUT2D eigenvalue weighted by Crippen LogP contribution is 2.25. The lowest BCUT2D eigenvalue weighted by Crippen LogP contribution is -1.86. The molecule has 0 bridgehead atoms. The molecule has 3 heteroatoms. The Morgan fingerprint density at radius 2 is 1.82 bits per heavy atom. The first-order chi connectivity index (χ1) is 8.34. The van der Waals surface area contributed by atoms with E-state index in [0.29, 0.717) is 0 Å². The van der Waals surface area contributed by atoms with Gasteiger partial charge in [-0.3, -0.25) is 4.98 Å². The fourth-order valence-electron chi connectivity index (χ4n) is 1.94. The maximum Gasteiger partial charge on any atom is 0.103 e. The van der Waals surface area contributed by atoms with Gasteiger partial charge in [-0.15, -0.1) is 0 Å². The number of aromatic nitrogens is 2. The predicted octanol–water partition coefficient (Wildman–Crippen LogP) is 3.96. The van der Waals surface area contributed by atoms with Crippen LogP contribution in [0.3, 0.4) is 0 Å². The first-order valence-corrected chi connectivity index (χ1v) is 5.78. The van der Waals surface area contributed by atoms with Crippen LogP contribution < -0.4 is 0 Å². The molecule has 0 radical (unpaired) electrons. The van der Waals surface area contributed by atoms with Gasteiger partial charge in [0.2, 0.25) is 0 Å². The number of H-pyrrole nitrogens is 1. The second-order valence-corrected chi connectivity index (χ2v) is 4.28. The minimum absolute atomic E-state index is 0.732. The summed E-state index contributed by atoms with van der Waals surface area (Å²) in [7, 11) is 0. The molecular weight excluding hydrogens is 228 g/mol. The summed E-state index contributed by atoms with van der Waals surface area (Å²) in [6, 6.07) is 14.0. The third-order valence-corrected chi connectivity index (χ3v) is 2.96. The number of hydrogen-bond donors (Lipinski definition) is 1. The van der Waals surface area contributed by atoms with Crippen molar-refractivity contribution in [2.45, 2.75) is 0 Å². The summed E-state index contributed by atoms with van der Waals surface area (Å²) in [6.07, 6.45) is 3.74. The van der Waals surface area contributed by atoms with Crippen LogP contribution >= 0.6 is 12.2 Å². The van der Waals surface area contributed by atoms with E-state index in [0.717, 1.165) is 21.3 Å². The molecule has 0 aliphatic heterocycles. The number of pyridine rings is 2. The maximum absolute atomic E-state index is 5.15. The van der Waals surface area contributed by atoms with Crippen LogP contribution in [0, 0.1) is 4.64 Å². The molecule has 0 unspecified atom stereocenters. The van der Waals surface area contributed by atoms with Crippen molar-refractivity contribution < 1.29 is 0 Å². The van der Waals surface area contributed by atoms with Crippen LogP contribution in [0.4, 0.5) is 0 Å². The lowest BCUT2D eigenvalue weighted by Gasteiger charge is -2.05. The average molecular weight is 238 g/mol. The van der Waals surface area contributed by atoms with E-state index < -0.39 is 0 Å². The van der Waals surface area contributed by atoms with Crippen molar-refractivity contribution in [3.8, 4) is 11.3 Å². The molecule has 0 aliphatic rings.